The van der Waals surface area contributed by atoms with Gasteiger partial charge in [0.15, 0.2) is 6.10 Å². The fraction of sp³-hybridized carbons (Fsp3) is 0.526. The zero-order valence-electron chi connectivity index (χ0n) is 13.9. The lowest BCUT2D eigenvalue weighted by Crippen LogP contribution is -2.37. The average molecular weight is 301 g/mol. The molecule has 1 aromatic carbocycles. The van der Waals surface area contributed by atoms with Gasteiger partial charge < -0.3 is 10.1 Å². The third-order valence-corrected chi connectivity index (χ3v) is 4.09. The molecule has 1 atom stereocenters. The van der Waals surface area contributed by atoms with E-state index in [0.29, 0.717) is 12.5 Å². The van der Waals surface area contributed by atoms with Crippen LogP contribution in [-0.4, -0.2) is 18.6 Å². The SMILES string of the molecule is CC(Oc1ccccc1C(C)C)C(=O)NCC1=CCCCC1. The van der Waals surface area contributed by atoms with Crippen molar-refractivity contribution in [1.82, 2.24) is 5.32 Å². The van der Waals surface area contributed by atoms with Crippen LogP contribution in [0, 0.1) is 0 Å². The highest BCUT2D eigenvalue weighted by atomic mass is 16.5. The summed E-state index contributed by atoms with van der Waals surface area (Å²) in [6.45, 7) is 6.71. The van der Waals surface area contributed by atoms with Gasteiger partial charge in [-0.25, -0.2) is 0 Å². The molecule has 1 N–H and O–H groups in total. The minimum Gasteiger partial charge on any atom is -0.481 e. The van der Waals surface area contributed by atoms with Crippen LogP contribution >= 0.6 is 0 Å². The molecule has 22 heavy (non-hydrogen) atoms. The van der Waals surface area contributed by atoms with Gasteiger partial charge in [-0.2, -0.15) is 0 Å². The first-order chi connectivity index (χ1) is 10.6. The van der Waals surface area contributed by atoms with Crippen LogP contribution in [0.3, 0.4) is 0 Å². The Balaban J connectivity index is 1.90. The van der Waals surface area contributed by atoms with Crippen molar-refractivity contribution in [1.29, 1.82) is 0 Å². The molecule has 0 radical (unpaired) electrons. The second-order valence-corrected chi connectivity index (χ2v) is 6.28. The number of hydrogen-bond acceptors (Lipinski definition) is 2. The van der Waals surface area contributed by atoms with Crippen LogP contribution in [0.1, 0.15) is 57.9 Å². The van der Waals surface area contributed by atoms with Gasteiger partial charge in [-0.05, 0) is 50.2 Å². The van der Waals surface area contributed by atoms with Crippen LogP contribution in [0.5, 0.6) is 5.75 Å². The predicted molar refractivity (Wildman–Crippen MR) is 90.2 cm³/mol. The van der Waals surface area contributed by atoms with Crippen molar-refractivity contribution in [2.45, 2.75) is 58.5 Å². The summed E-state index contributed by atoms with van der Waals surface area (Å²) in [6, 6.07) is 7.93. The predicted octanol–water partition coefficient (Wildman–Crippen LogP) is 4.19. The van der Waals surface area contributed by atoms with Gasteiger partial charge in [-0.3, -0.25) is 4.79 Å². The van der Waals surface area contributed by atoms with E-state index in [1.54, 1.807) is 0 Å². The van der Waals surface area contributed by atoms with Crippen LogP contribution in [0.25, 0.3) is 0 Å². The zero-order chi connectivity index (χ0) is 15.9. The summed E-state index contributed by atoms with van der Waals surface area (Å²) in [5, 5.41) is 2.99. The van der Waals surface area contributed by atoms with Gasteiger partial charge in [0.1, 0.15) is 5.75 Å². The first-order valence-corrected chi connectivity index (χ1v) is 8.29. The Morgan fingerprint density at radius 3 is 2.68 bits per heavy atom. The molecule has 120 valence electrons. The molecule has 0 bridgehead atoms. The van der Waals surface area contributed by atoms with Crippen LogP contribution in [0.15, 0.2) is 35.9 Å². The van der Waals surface area contributed by atoms with E-state index in [1.165, 1.54) is 18.4 Å². The minimum atomic E-state index is -0.482. The topological polar surface area (TPSA) is 38.3 Å². The van der Waals surface area contributed by atoms with Crippen LogP contribution < -0.4 is 10.1 Å². The summed E-state index contributed by atoms with van der Waals surface area (Å²) in [7, 11) is 0. The Morgan fingerprint density at radius 2 is 2.00 bits per heavy atom. The molecule has 1 aliphatic carbocycles. The van der Waals surface area contributed by atoms with Crippen molar-refractivity contribution < 1.29 is 9.53 Å². The van der Waals surface area contributed by atoms with E-state index in [1.807, 2.05) is 25.1 Å². The Bertz CT molecular complexity index is 534. The molecular formula is C19H27NO2. The second kappa shape index (κ2) is 8.02. The van der Waals surface area contributed by atoms with E-state index in [2.05, 4.69) is 31.3 Å². The van der Waals surface area contributed by atoms with Gasteiger partial charge >= 0.3 is 0 Å². The molecule has 0 fully saturated rings. The molecule has 0 aliphatic heterocycles. The summed E-state index contributed by atoms with van der Waals surface area (Å²) in [5.41, 5.74) is 2.48. The molecule has 1 aromatic rings. The van der Waals surface area contributed by atoms with E-state index in [-0.39, 0.29) is 5.91 Å². The van der Waals surface area contributed by atoms with Gasteiger partial charge in [-0.1, -0.05) is 43.7 Å². The number of allylic oxidation sites excluding steroid dienone is 1. The molecule has 0 heterocycles. The van der Waals surface area contributed by atoms with Gasteiger partial charge in [0.05, 0.1) is 0 Å². The molecule has 0 spiro atoms. The Morgan fingerprint density at radius 1 is 1.23 bits per heavy atom. The van der Waals surface area contributed by atoms with Crippen LogP contribution in [0.4, 0.5) is 0 Å². The highest BCUT2D eigenvalue weighted by molar-refractivity contribution is 5.81. The second-order valence-electron chi connectivity index (χ2n) is 6.28. The lowest BCUT2D eigenvalue weighted by molar-refractivity contribution is -0.127. The molecular weight excluding hydrogens is 274 g/mol. The molecule has 0 saturated heterocycles. The summed E-state index contributed by atoms with van der Waals surface area (Å²) in [5.74, 6) is 1.13. The van der Waals surface area contributed by atoms with Crippen LogP contribution in [0.2, 0.25) is 0 Å². The van der Waals surface area contributed by atoms with Crippen molar-refractivity contribution in [2.75, 3.05) is 6.54 Å². The fourth-order valence-electron chi connectivity index (χ4n) is 2.72. The molecule has 2 rings (SSSR count). The van der Waals surface area contributed by atoms with E-state index >= 15 is 0 Å². The third-order valence-electron chi connectivity index (χ3n) is 4.09. The quantitative estimate of drug-likeness (QED) is 0.800. The fourth-order valence-corrected chi connectivity index (χ4v) is 2.72. The normalized spacial score (nSPS) is 16.1. The molecule has 1 unspecified atom stereocenters. The molecule has 0 aromatic heterocycles. The lowest BCUT2D eigenvalue weighted by Gasteiger charge is -2.19. The number of benzene rings is 1. The number of carbonyl (C=O) groups is 1. The van der Waals surface area contributed by atoms with Gasteiger partial charge in [0, 0.05) is 6.54 Å². The highest BCUT2D eigenvalue weighted by Crippen LogP contribution is 2.26. The van der Waals surface area contributed by atoms with Crippen LogP contribution in [-0.2, 0) is 4.79 Å². The van der Waals surface area contributed by atoms with E-state index in [0.717, 1.165) is 24.2 Å². The van der Waals surface area contributed by atoms with Crippen molar-refractivity contribution in [2.24, 2.45) is 0 Å². The maximum absolute atomic E-state index is 12.2. The lowest BCUT2D eigenvalue weighted by atomic mass is 10.00. The van der Waals surface area contributed by atoms with E-state index in [9.17, 15) is 4.79 Å². The molecule has 1 amide bonds. The number of ether oxygens (including phenoxy) is 1. The van der Waals surface area contributed by atoms with Crippen molar-refractivity contribution in [3.63, 3.8) is 0 Å². The molecule has 0 saturated carbocycles. The summed E-state index contributed by atoms with van der Waals surface area (Å²) in [4.78, 5) is 12.2. The minimum absolute atomic E-state index is 0.0509. The summed E-state index contributed by atoms with van der Waals surface area (Å²) in [6.07, 6.45) is 6.51. The third kappa shape index (κ3) is 4.62. The Kier molecular flexibility index (Phi) is 6.05. The highest BCUT2D eigenvalue weighted by Gasteiger charge is 2.17. The van der Waals surface area contributed by atoms with Gasteiger partial charge in [-0.15, -0.1) is 0 Å². The maximum Gasteiger partial charge on any atom is 0.261 e. The number of carbonyl (C=O) groups excluding carboxylic acids is 1. The number of para-hydroxylation sites is 1. The smallest absolute Gasteiger partial charge is 0.261 e. The number of nitrogens with one attached hydrogen (secondary N) is 1. The average Bonchev–Trinajstić information content (AvgIpc) is 2.53. The molecule has 3 nitrogen and oxygen atoms in total. The Labute approximate surface area is 133 Å². The van der Waals surface area contributed by atoms with Crippen molar-refractivity contribution >= 4 is 5.91 Å². The number of amides is 1. The number of hydrogen-bond donors (Lipinski definition) is 1. The van der Waals surface area contributed by atoms with Gasteiger partial charge in [0.2, 0.25) is 0 Å². The molecule has 1 aliphatic rings. The Hall–Kier alpha value is -1.77. The van der Waals surface area contributed by atoms with Gasteiger partial charge in [0.25, 0.3) is 5.91 Å². The molecule has 3 heteroatoms. The standard InChI is InChI=1S/C19H27NO2/c1-14(2)17-11-7-8-12-18(17)22-15(3)19(21)20-13-16-9-5-4-6-10-16/h7-9,11-12,14-15H,4-6,10,13H2,1-3H3,(H,20,21). The summed E-state index contributed by atoms with van der Waals surface area (Å²) >= 11 is 0. The largest absolute Gasteiger partial charge is 0.481 e. The first-order valence-electron chi connectivity index (χ1n) is 8.29. The maximum atomic E-state index is 12.2. The van der Waals surface area contributed by atoms with Crippen molar-refractivity contribution in [3.8, 4) is 5.75 Å². The monoisotopic (exact) mass is 301 g/mol. The zero-order valence-corrected chi connectivity index (χ0v) is 13.9. The number of rotatable bonds is 6. The van der Waals surface area contributed by atoms with Crippen molar-refractivity contribution in [3.05, 3.63) is 41.5 Å². The first kappa shape index (κ1) is 16.6. The van der Waals surface area contributed by atoms with E-state index in [4.69, 9.17) is 4.74 Å². The van der Waals surface area contributed by atoms with E-state index < -0.39 is 6.10 Å². The summed E-state index contributed by atoms with van der Waals surface area (Å²) < 4.78 is 5.88.